The first-order chi connectivity index (χ1) is 9.51. The summed E-state index contributed by atoms with van der Waals surface area (Å²) >= 11 is 0. The Labute approximate surface area is 118 Å². The monoisotopic (exact) mass is 276 g/mol. The number of amides is 1. The van der Waals surface area contributed by atoms with Crippen LogP contribution in [0.4, 0.5) is 5.69 Å². The third kappa shape index (κ3) is 3.01. The lowest BCUT2D eigenvalue weighted by molar-refractivity contribution is 0.0937. The molecule has 0 spiro atoms. The summed E-state index contributed by atoms with van der Waals surface area (Å²) in [6, 6.07) is 1.68. The van der Waals surface area contributed by atoms with Crippen molar-refractivity contribution in [1.29, 1.82) is 0 Å². The molecule has 0 radical (unpaired) electrons. The quantitative estimate of drug-likeness (QED) is 0.874. The fraction of sp³-hybridized carbons (Fsp3) is 0.429. The first-order valence-corrected chi connectivity index (χ1v) is 6.68. The van der Waals surface area contributed by atoms with Crippen LogP contribution in [0.1, 0.15) is 41.2 Å². The van der Waals surface area contributed by atoms with Gasteiger partial charge in [-0.1, -0.05) is 6.92 Å². The summed E-state index contributed by atoms with van der Waals surface area (Å²) in [4.78, 5) is 16.4. The van der Waals surface area contributed by atoms with Crippen LogP contribution in [0.25, 0.3) is 0 Å². The largest absolute Gasteiger partial charge is 0.444 e. The molecule has 6 heteroatoms. The number of hydrogen-bond acceptors (Lipinski definition) is 4. The number of anilines is 1. The highest BCUT2D eigenvalue weighted by Crippen LogP contribution is 2.12. The predicted octanol–water partition coefficient (Wildman–Crippen LogP) is 2.02. The molecule has 2 rings (SSSR count). The number of nitrogens with two attached hydrogens (primary N) is 1. The van der Waals surface area contributed by atoms with E-state index in [-0.39, 0.29) is 12.5 Å². The SMILES string of the molecule is CCCn1cc(N)cc1C(=O)NCc1nc(C)c(C)o1. The lowest BCUT2D eigenvalue weighted by Crippen LogP contribution is -2.25. The van der Waals surface area contributed by atoms with E-state index in [1.54, 1.807) is 12.3 Å². The van der Waals surface area contributed by atoms with Gasteiger partial charge in [-0.15, -0.1) is 0 Å². The fourth-order valence-electron chi connectivity index (χ4n) is 2.01. The first-order valence-electron chi connectivity index (χ1n) is 6.68. The smallest absolute Gasteiger partial charge is 0.268 e. The van der Waals surface area contributed by atoms with Crippen LogP contribution in [0.15, 0.2) is 16.7 Å². The molecule has 0 saturated heterocycles. The molecule has 0 aromatic carbocycles. The van der Waals surface area contributed by atoms with Crippen LogP contribution in [0.3, 0.4) is 0 Å². The third-order valence-corrected chi connectivity index (χ3v) is 3.09. The Morgan fingerprint density at radius 1 is 1.50 bits per heavy atom. The summed E-state index contributed by atoms with van der Waals surface area (Å²) in [7, 11) is 0. The summed E-state index contributed by atoms with van der Waals surface area (Å²) in [5.41, 5.74) is 7.74. The van der Waals surface area contributed by atoms with E-state index in [1.165, 1.54) is 0 Å². The minimum Gasteiger partial charge on any atom is -0.444 e. The number of carbonyl (C=O) groups excluding carboxylic acids is 1. The van der Waals surface area contributed by atoms with E-state index in [4.69, 9.17) is 10.2 Å². The van der Waals surface area contributed by atoms with Crippen molar-refractivity contribution in [1.82, 2.24) is 14.9 Å². The van der Waals surface area contributed by atoms with E-state index in [0.717, 1.165) is 24.4 Å². The second kappa shape index (κ2) is 5.81. The molecule has 2 aromatic rings. The van der Waals surface area contributed by atoms with Gasteiger partial charge < -0.3 is 20.0 Å². The van der Waals surface area contributed by atoms with Gasteiger partial charge in [0.25, 0.3) is 5.91 Å². The Bertz CT molecular complexity index is 593. The van der Waals surface area contributed by atoms with Crippen molar-refractivity contribution in [3.63, 3.8) is 0 Å². The summed E-state index contributed by atoms with van der Waals surface area (Å²) in [5, 5.41) is 2.80. The van der Waals surface area contributed by atoms with Gasteiger partial charge in [0.1, 0.15) is 11.5 Å². The van der Waals surface area contributed by atoms with E-state index in [1.807, 2.05) is 18.4 Å². The number of nitrogen functional groups attached to an aromatic ring is 1. The molecule has 0 atom stereocenters. The summed E-state index contributed by atoms with van der Waals surface area (Å²) < 4.78 is 7.28. The molecular weight excluding hydrogens is 256 g/mol. The maximum absolute atomic E-state index is 12.2. The Morgan fingerprint density at radius 2 is 2.25 bits per heavy atom. The van der Waals surface area contributed by atoms with Gasteiger partial charge in [0.2, 0.25) is 5.89 Å². The van der Waals surface area contributed by atoms with Crippen molar-refractivity contribution in [3.8, 4) is 0 Å². The van der Waals surface area contributed by atoms with Crippen molar-refractivity contribution >= 4 is 11.6 Å². The minimum atomic E-state index is -0.177. The van der Waals surface area contributed by atoms with E-state index in [9.17, 15) is 4.79 Å². The molecule has 0 bridgehead atoms. The van der Waals surface area contributed by atoms with Gasteiger partial charge in [-0.05, 0) is 26.3 Å². The Kier molecular flexibility index (Phi) is 4.12. The Balaban J connectivity index is 2.04. The third-order valence-electron chi connectivity index (χ3n) is 3.09. The molecule has 2 aromatic heterocycles. The lowest BCUT2D eigenvalue weighted by Gasteiger charge is -2.07. The second-order valence-corrected chi connectivity index (χ2v) is 4.78. The number of aryl methyl sites for hydroxylation is 3. The summed E-state index contributed by atoms with van der Waals surface area (Å²) in [5.74, 6) is 1.10. The van der Waals surface area contributed by atoms with Gasteiger partial charge in [0, 0.05) is 12.7 Å². The van der Waals surface area contributed by atoms with E-state index >= 15 is 0 Å². The maximum Gasteiger partial charge on any atom is 0.268 e. The highest BCUT2D eigenvalue weighted by molar-refractivity contribution is 5.93. The van der Waals surface area contributed by atoms with E-state index in [0.29, 0.717) is 17.3 Å². The number of oxazole rings is 1. The van der Waals surface area contributed by atoms with Gasteiger partial charge in [-0.25, -0.2) is 4.98 Å². The standard InChI is InChI=1S/C14H20N4O2/c1-4-5-18-8-11(15)6-12(18)14(19)16-7-13-17-9(2)10(3)20-13/h6,8H,4-5,7,15H2,1-3H3,(H,16,19). The predicted molar refractivity (Wildman–Crippen MR) is 76.3 cm³/mol. The van der Waals surface area contributed by atoms with Crippen LogP contribution in [0.5, 0.6) is 0 Å². The van der Waals surface area contributed by atoms with Crippen LogP contribution in [-0.4, -0.2) is 15.5 Å². The fourth-order valence-corrected chi connectivity index (χ4v) is 2.01. The number of nitrogens with zero attached hydrogens (tertiary/aromatic N) is 2. The normalized spacial score (nSPS) is 10.8. The van der Waals surface area contributed by atoms with Gasteiger partial charge in [-0.2, -0.15) is 0 Å². The van der Waals surface area contributed by atoms with Gasteiger partial charge in [-0.3, -0.25) is 4.79 Å². The molecule has 2 heterocycles. The lowest BCUT2D eigenvalue weighted by atomic mass is 10.3. The van der Waals surface area contributed by atoms with Gasteiger partial charge >= 0.3 is 0 Å². The number of nitrogens with one attached hydrogen (secondary N) is 1. The van der Waals surface area contributed by atoms with Crippen LogP contribution in [0.2, 0.25) is 0 Å². The van der Waals surface area contributed by atoms with Crippen molar-refractivity contribution in [2.24, 2.45) is 0 Å². The minimum absolute atomic E-state index is 0.177. The second-order valence-electron chi connectivity index (χ2n) is 4.78. The van der Waals surface area contributed by atoms with E-state index < -0.39 is 0 Å². The van der Waals surface area contributed by atoms with Crippen LogP contribution < -0.4 is 11.1 Å². The molecule has 0 aliphatic rings. The highest BCUT2D eigenvalue weighted by atomic mass is 16.4. The Hall–Kier alpha value is -2.24. The molecule has 0 fully saturated rings. The number of carbonyl (C=O) groups is 1. The van der Waals surface area contributed by atoms with Crippen LogP contribution in [-0.2, 0) is 13.1 Å². The maximum atomic E-state index is 12.2. The molecule has 0 saturated carbocycles. The van der Waals surface area contributed by atoms with E-state index in [2.05, 4.69) is 17.2 Å². The van der Waals surface area contributed by atoms with Gasteiger partial charge in [0.15, 0.2) is 0 Å². The van der Waals surface area contributed by atoms with Crippen molar-refractivity contribution in [3.05, 3.63) is 35.3 Å². The summed E-state index contributed by atoms with van der Waals surface area (Å²) in [6.45, 7) is 6.80. The average Bonchev–Trinajstić information content (AvgIpc) is 2.91. The average molecular weight is 276 g/mol. The van der Waals surface area contributed by atoms with Gasteiger partial charge in [0.05, 0.1) is 17.9 Å². The molecule has 3 N–H and O–H groups in total. The number of aromatic nitrogens is 2. The highest BCUT2D eigenvalue weighted by Gasteiger charge is 2.13. The van der Waals surface area contributed by atoms with Crippen molar-refractivity contribution < 1.29 is 9.21 Å². The zero-order chi connectivity index (χ0) is 14.7. The summed E-state index contributed by atoms with van der Waals surface area (Å²) in [6.07, 6.45) is 2.71. The zero-order valence-electron chi connectivity index (χ0n) is 12.1. The molecule has 0 aliphatic carbocycles. The molecular formula is C14H20N4O2. The molecule has 0 aliphatic heterocycles. The van der Waals surface area contributed by atoms with Crippen LogP contribution >= 0.6 is 0 Å². The Morgan fingerprint density at radius 3 is 2.85 bits per heavy atom. The topological polar surface area (TPSA) is 86.1 Å². The van der Waals surface area contributed by atoms with Crippen molar-refractivity contribution in [2.75, 3.05) is 5.73 Å². The number of hydrogen-bond donors (Lipinski definition) is 2. The van der Waals surface area contributed by atoms with Crippen LogP contribution in [0, 0.1) is 13.8 Å². The zero-order valence-corrected chi connectivity index (χ0v) is 12.1. The molecule has 20 heavy (non-hydrogen) atoms. The molecule has 6 nitrogen and oxygen atoms in total. The molecule has 1 amide bonds. The van der Waals surface area contributed by atoms with Crippen molar-refractivity contribution in [2.45, 2.75) is 40.3 Å². The number of rotatable bonds is 5. The first kappa shape index (κ1) is 14.2. The molecule has 108 valence electrons. The molecule has 0 unspecified atom stereocenters.